The van der Waals surface area contributed by atoms with E-state index in [1.54, 1.807) is 11.1 Å². The fourth-order valence-corrected chi connectivity index (χ4v) is 9.60. The van der Waals surface area contributed by atoms with E-state index >= 15 is 0 Å². The Morgan fingerprint density at radius 2 is 1.17 bits per heavy atom. The van der Waals surface area contributed by atoms with Crippen LogP contribution in [0.25, 0.3) is 43.8 Å². The van der Waals surface area contributed by atoms with Crippen LogP contribution in [0.1, 0.15) is 36.8 Å². The van der Waals surface area contributed by atoms with Crippen LogP contribution in [0.2, 0.25) is 0 Å². The van der Waals surface area contributed by atoms with Gasteiger partial charge in [-0.2, -0.15) is 0 Å². The number of benzene rings is 7. The van der Waals surface area contributed by atoms with Gasteiger partial charge in [0, 0.05) is 22.2 Å². The summed E-state index contributed by atoms with van der Waals surface area (Å²) in [5.41, 5.74) is 12.3. The zero-order chi connectivity index (χ0) is 30.2. The second-order valence-electron chi connectivity index (χ2n) is 13.7. The van der Waals surface area contributed by atoms with E-state index in [2.05, 4.69) is 157 Å². The number of rotatable bonds is 4. The molecule has 3 unspecified atom stereocenters. The van der Waals surface area contributed by atoms with Crippen molar-refractivity contribution in [1.82, 2.24) is 0 Å². The van der Waals surface area contributed by atoms with E-state index in [-0.39, 0.29) is 5.41 Å². The molecule has 3 atom stereocenters. The minimum atomic E-state index is 0.138. The summed E-state index contributed by atoms with van der Waals surface area (Å²) in [5, 5.41) is 5.12. The van der Waals surface area contributed by atoms with E-state index in [4.69, 9.17) is 0 Å². The average Bonchev–Trinajstić information content (AvgIpc) is 3.82. The second kappa shape index (κ2) is 9.93. The quantitative estimate of drug-likeness (QED) is 0.185. The minimum absolute atomic E-state index is 0.138. The largest absolute Gasteiger partial charge is 0.310 e. The first kappa shape index (κ1) is 26.1. The summed E-state index contributed by atoms with van der Waals surface area (Å²) in [5.74, 6) is 1.58. The Balaban J connectivity index is 1.22. The maximum Gasteiger partial charge on any atom is 0.0546 e. The lowest BCUT2D eigenvalue weighted by Crippen LogP contribution is -2.32. The minimum Gasteiger partial charge on any atom is -0.310 e. The van der Waals surface area contributed by atoms with E-state index in [0.717, 1.165) is 11.8 Å². The molecule has 1 nitrogen and oxygen atoms in total. The molecule has 0 saturated heterocycles. The number of nitrogens with zero attached hydrogens (tertiary/aromatic N) is 1. The van der Waals surface area contributed by atoms with Crippen molar-refractivity contribution in [1.29, 1.82) is 0 Å². The molecule has 0 radical (unpaired) electrons. The van der Waals surface area contributed by atoms with Gasteiger partial charge in [-0.15, -0.1) is 0 Å². The molecule has 2 fully saturated rings. The molecule has 1 heteroatoms. The summed E-state index contributed by atoms with van der Waals surface area (Å²) < 4.78 is 0. The van der Waals surface area contributed by atoms with Crippen molar-refractivity contribution in [2.45, 2.75) is 31.1 Å². The monoisotopic (exact) mass is 589 g/mol. The predicted molar refractivity (Wildman–Crippen MR) is 193 cm³/mol. The molecule has 7 aromatic rings. The van der Waals surface area contributed by atoms with Gasteiger partial charge in [-0.1, -0.05) is 128 Å². The van der Waals surface area contributed by atoms with Gasteiger partial charge in [0.25, 0.3) is 0 Å². The molecule has 46 heavy (non-hydrogen) atoms. The summed E-state index contributed by atoms with van der Waals surface area (Å²) in [6, 6.07) is 56.7. The molecule has 0 aliphatic heterocycles. The number of anilines is 3. The summed E-state index contributed by atoms with van der Waals surface area (Å²) in [7, 11) is 0. The van der Waals surface area contributed by atoms with Gasteiger partial charge >= 0.3 is 0 Å². The van der Waals surface area contributed by atoms with Gasteiger partial charge in [-0.05, 0) is 111 Å². The van der Waals surface area contributed by atoms with Crippen molar-refractivity contribution < 1.29 is 0 Å². The summed E-state index contributed by atoms with van der Waals surface area (Å²) >= 11 is 0. The Hall–Kier alpha value is -5.14. The highest BCUT2D eigenvalue weighted by Gasteiger charge is 2.56. The average molecular weight is 590 g/mol. The van der Waals surface area contributed by atoms with Gasteiger partial charge in [0.1, 0.15) is 0 Å². The van der Waals surface area contributed by atoms with Crippen LogP contribution in [0.15, 0.2) is 152 Å². The second-order valence-corrected chi connectivity index (χ2v) is 13.7. The standard InChI is InChI=1S/C45H35N/c1-2-10-31(11-3-1)32-19-22-35(23-20-32)46(44-27-33-12-4-5-13-37(33)38-14-6-7-16-41(38)44)36-24-25-40-39-15-8-9-17-42(39)45(43(40)28-36)29-30-18-21-34(45)26-30/h1-17,19-20,22-25,27-28,30,34H,18,21,26,29H2. The van der Waals surface area contributed by atoms with Gasteiger partial charge in [-0.3, -0.25) is 0 Å². The van der Waals surface area contributed by atoms with Crippen molar-refractivity contribution in [3.8, 4) is 22.3 Å². The Labute approximate surface area is 270 Å². The fraction of sp³-hybridized carbons (Fsp3) is 0.156. The van der Waals surface area contributed by atoms with Crippen LogP contribution in [-0.2, 0) is 5.41 Å². The first-order valence-electron chi connectivity index (χ1n) is 16.9. The van der Waals surface area contributed by atoms with Crippen LogP contribution in [0.4, 0.5) is 17.1 Å². The fourth-order valence-electron chi connectivity index (χ4n) is 9.60. The molecule has 0 N–H and O–H groups in total. The van der Waals surface area contributed by atoms with Crippen LogP contribution < -0.4 is 4.90 Å². The normalized spacial score (nSPS) is 20.8. The number of hydrogen-bond acceptors (Lipinski definition) is 1. The van der Waals surface area contributed by atoms with Crippen LogP contribution >= 0.6 is 0 Å². The molecule has 0 aromatic heterocycles. The molecular formula is C45H35N. The zero-order valence-electron chi connectivity index (χ0n) is 25.9. The summed E-state index contributed by atoms with van der Waals surface area (Å²) in [4.78, 5) is 2.52. The van der Waals surface area contributed by atoms with Crippen LogP contribution in [-0.4, -0.2) is 0 Å². The lowest BCUT2D eigenvalue weighted by molar-refractivity contribution is 0.327. The third-order valence-electron chi connectivity index (χ3n) is 11.5. The maximum atomic E-state index is 2.57. The Morgan fingerprint density at radius 3 is 1.98 bits per heavy atom. The van der Waals surface area contributed by atoms with Crippen LogP contribution in [0.3, 0.4) is 0 Å². The van der Waals surface area contributed by atoms with Crippen molar-refractivity contribution in [2.75, 3.05) is 4.90 Å². The SMILES string of the molecule is c1ccc(-c2ccc(N(c3ccc4c(c3)C3(CC5CCC3C5)c3ccccc3-4)c3cc4ccccc4c4ccccc34)cc2)cc1. The van der Waals surface area contributed by atoms with E-state index in [1.165, 1.54) is 86.5 Å². The van der Waals surface area contributed by atoms with E-state index < -0.39 is 0 Å². The molecule has 220 valence electrons. The zero-order valence-corrected chi connectivity index (χ0v) is 25.9. The number of hydrogen-bond donors (Lipinski definition) is 0. The first-order chi connectivity index (χ1) is 22.8. The van der Waals surface area contributed by atoms with Gasteiger partial charge in [0.2, 0.25) is 0 Å². The topological polar surface area (TPSA) is 3.24 Å². The van der Waals surface area contributed by atoms with E-state index in [0.29, 0.717) is 0 Å². The van der Waals surface area contributed by atoms with Crippen molar-refractivity contribution in [2.24, 2.45) is 11.8 Å². The molecule has 7 aromatic carbocycles. The molecule has 2 bridgehead atoms. The van der Waals surface area contributed by atoms with Crippen molar-refractivity contribution in [3.05, 3.63) is 163 Å². The van der Waals surface area contributed by atoms with E-state index in [9.17, 15) is 0 Å². The van der Waals surface area contributed by atoms with Gasteiger partial charge in [0.15, 0.2) is 0 Å². The van der Waals surface area contributed by atoms with Crippen LogP contribution in [0.5, 0.6) is 0 Å². The van der Waals surface area contributed by atoms with Gasteiger partial charge in [0.05, 0.1) is 5.69 Å². The molecule has 2 saturated carbocycles. The maximum absolute atomic E-state index is 2.57. The highest BCUT2D eigenvalue weighted by molar-refractivity contribution is 6.14. The molecule has 1 spiro atoms. The molecule has 10 rings (SSSR count). The highest BCUT2D eigenvalue weighted by Crippen LogP contribution is 2.66. The third kappa shape index (κ3) is 3.69. The summed E-state index contributed by atoms with van der Waals surface area (Å²) in [6.07, 6.45) is 5.41. The lowest BCUT2D eigenvalue weighted by Gasteiger charge is -2.37. The lowest BCUT2D eigenvalue weighted by atomic mass is 9.67. The molecular weight excluding hydrogens is 555 g/mol. The third-order valence-corrected chi connectivity index (χ3v) is 11.5. The highest BCUT2D eigenvalue weighted by atomic mass is 15.1. The first-order valence-corrected chi connectivity index (χ1v) is 16.9. The van der Waals surface area contributed by atoms with Crippen LogP contribution in [0, 0.1) is 11.8 Å². The Kier molecular flexibility index (Phi) is 5.64. The van der Waals surface area contributed by atoms with Crippen molar-refractivity contribution >= 4 is 38.6 Å². The Morgan fingerprint density at radius 1 is 0.500 bits per heavy atom. The smallest absolute Gasteiger partial charge is 0.0546 e. The number of fused-ring (bicyclic) bond motifs is 11. The molecule has 0 amide bonds. The molecule has 3 aliphatic rings. The molecule has 3 aliphatic carbocycles. The van der Waals surface area contributed by atoms with Crippen molar-refractivity contribution in [3.63, 3.8) is 0 Å². The van der Waals surface area contributed by atoms with Gasteiger partial charge in [-0.25, -0.2) is 0 Å². The van der Waals surface area contributed by atoms with E-state index in [1.807, 2.05) is 0 Å². The van der Waals surface area contributed by atoms with Gasteiger partial charge < -0.3 is 4.90 Å². The molecule has 0 heterocycles. The summed E-state index contributed by atoms with van der Waals surface area (Å²) in [6.45, 7) is 0. The predicted octanol–water partition coefficient (Wildman–Crippen LogP) is 12.2. The Bertz CT molecular complexity index is 2280.